The Labute approximate surface area is 168 Å². The minimum Gasteiger partial charge on any atom is -0.459 e. The van der Waals surface area contributed by atoms with Crippen molar-refractivity contribution in [3.05, 3.63) is 11.6 Å². The molecule has 0 spiro atoms. The van der Waals surface area contributed by atoms with Crippen molar-refractivity contribution in [3.8, 4) is 0 Å². The van der Waals surface area contributed by atoms with E-state index in [1.54, 1.807) is 6.08 Å². The maximum absolute atomic E-state index is 12.6. The molecule has 0 aliphatic heterocycles. The van der Waals surface area contributed by atoms with Gasteiger partial charge in [0, 0.05) is 18.3 Å². The van der Waals surface area contributed by atoms with E-state index < -0.39 is 11.0 Å². The van der Waals surface area contributed by atoms with Crippen molar-refractivity contribution < 1.29 is 19.1 Å². The molecular weight excluding hydrogens is 352 g/mol. The number of hydrogen-bond donors (Lipinski definition) is 0. The zero-order valence-electron chi connectivity index (χ0n) is 17.8. The summed E-state index contributed by atoms with van der Waals surface area (Å²) in [6.07, 6.45) is 9.72. The number of esters is 1. The van der Waals surface area contributed by atoms with Gasteiger partial charge in [-0.2, -0.15) is 0 Å². The lowest BCUT2D eigenvalue weighted by Crippen LogP contribution is -2.57. The molecule has 154 valence electrons. The average molecular weight is 387 g/mol. The lowest BCUT2D eigenvalue weighted by molar-refractivity contribution is -0.180. The van der Waals surface area contributed by atoms with Gasteiger partial charge in [0.15, 0.2) is 5.78 Å². The van der Waals surface area contributed by atoms with Crippen LogP contribution in [0.1, 0.15) is 79.1 Å². The monoisotopic (exact) mass is 386 g/mol. The first-order chi connectivity index (χ1) is 13.2. The highest BCUT2D eigenvalue weighted by atomic mass is 16.6. The molecule has 28 heavy (non-hydrogen) atoms. The second kappa shape index (κ2) is 6.53. The van der Waals surface area contributed by atoms with Gasteiger partial charge in [-0.15, -0.1) is 0 Å². The normalized spacial score (nSPS) is 47.4. The van der Waals surface area contributed by atoms with Crippen LogP contribution in [0, 0.1) is 34.5 Å². The highest BCUT2D eigenvalue weighted by molar-refractivity contribution is 5.94. The topological polar surface area (TPSA) is 60.4 Å². The third-order valence-corrected chi connectivity index (χ3v) is 9.36. The number of ketones is 1. The van der Waals surface area contributed by atoms with Gasteiger partial charge in [-0.05, 0) is 75.2 Å². The standard InChI is InChI=1S/C24H34O4/c1-5-21(27)28-23(4)11-9-19-18-7-6-16-13-17(26)12-15(2)24(16,14-25)20(18)8-10-22(19,23)3/h13-15,18-20H,5-12H2,1-4H3/t15?,18-,19-,20+,22-,23?,24-/m0/s1. The van der Waals surface area contributed by atoms with Crippen molar-refractivity contribution in [1.82, 2.24) is 0 Å². The largest absolute Gasteiger partial charge is 0.459 e. The molecule has 3 saturated carbocycles. The van der Waals surface area contributed by atoms with Gasteiger partial charge in [0.05, 0.1) is 5.41 Å². The third kappa shape index (κ3) is 2.45. The van der Waals surface area contributed by atoms with Crippen molar-refractivity contribution in [3.63, 3.8) is 0 Å². The van der Waals surface area contributed by atoms with Gasteiger partial charge < -0.3 is 9.53 Å². The zero-order valence-corrected chi connectivity index (χ0v) is 17.8. The summed E-state index contributed by atoms with van der Waals surface area (Å²) in [6, 6.07) is 0. The van der Waals surface area contributed by atoms with Crippen molar-refractivity contribution in [1.29, 1.82) is 0 Å². The molecule has 0 aromatic rings. The number of aldehydes is 1. The van der Waals surface area contributed by atoms with Crippen LogP contribution in [0.4, 0.5) is 0 Å². The van der Waals surface area contributed by atoms with E-state index in [1.807, 2.05) is 6.92 Å². The Balaban J connectivity index is 1.69. The summed E-state index contributed by atoms with van der Waals surface area (Å²) in [6.45, 7) is 8.40. The molecule has 4 heteroatoms. The van der Waals surface area contributed by atoms with Crippen LogP contribution in [0.15, 0.2) is 11.6 Å². The highest BCUT2D eigenvalue weighted by Crippen LogP contribution is 2.68. The minimum absolute atomic E-state index is 0.0297. The molecule has 0 heterocycles. The molecule has 3 fully saturated rings. The molecule has 7 atom stereocenters. The van der Waals surface area contributed by atoms with Crippen molar-refractivity contribution in [2.45, 2.75) is 84.7 Å². The molecule has 2 unspecified atom stereocenters. The van der Waals surface area contributed by atoms with E-state index in [9.17, 15) is 14.4 Å². The molecule has 0 aromatic heterocycles. The van der Waals surface area contributed by atoms with Crippen molar-refractivity contribution in [2.24, 2.45) is 34.5 Å². The van der Waals surface area contributed by atoms with Gasteiger partial charge in [-0.3, -0.25) is 9.59 Å². The number of carbonyl (C=O) groups is 3. The number of hydrogen-bond acceptors (Lipinski definition) is 4. The lowest BCUT2D eigenvalue weighted by atomic mass is 9.44. The number of carbonyl (C=O) groups excluding carboxylic acids is 3. The summed E-state index contributed by atoms with van der Waals surface area (Å²) in [5.74, 6) is 1.42. The first kappa shape index (κ1) is 19.8. The summed E-state index contributed by atoms with van der Waals surface area (Å²) < 4.78 is 6.03. The van der Waals surface area contributed by atoms with Crippen LogP contribution in [0.25, 0.3) is 0 Å². The van der Waals surface area contributed by atoms with E-state index in [4.69, 9.17) is 4.74 Å². The van der Waals surface area contributed by atoms with Crippen LogP contribution in [0.3, 0.4) is 0 Å². The number of allylic oxidation sites excluding steroid dienone is 1. The zero-order chi connectivity index (χ0) is 20.3. The predicted octanol–water partition coefficient (Wildman–Crippen LogP) is 4.66. The van der Waals surface area contributed by atoms with E-state index in [-0.39, 0.29) is 23.1 Å². The summed E-state index contributed by atoms with van der Waals surface area (Å²) in [7, 11) is 0. The predicted molar refractivity (Wildman–Crippen MR) is 106 cm³/mol. The molecule has 4 rings (SSSR count). The molecule has 0 saturated heterocycles. The maximum atomic E-state index is 12.6. The maximum Gasteiger partial charge on any atom is 0.306 e. The van der Waals surface area contributed by atoms with Gasteiger partial charge in [0.1, 0.15) is 11.9 Å². The first-order valence-corrected chi connectivity index (χ1v) is 11.1. The van der Waals surface area contributed by atoms with Crippen LogP contribution < -0.4 is 0 Å². The van der Waals surface area contributed by atoms with E-state index >= 15 is 0 Å². The van der Waals surface area contributed by atoms with E-state index in [2.05, 4.69) is 20.8 Å². The van der Waals surface area contributed by atoms with E-state index in [0.29, 0.717) is 30.6 Å². The number of fused-ring (bicyclic) bond motifs is 5. The molecule has 0 aromatic carbocycles. The van der Waals surface area contributed by atoms with Crippen LogP contribution >= 0.6 is 0 Å². The SMILES string of the molecule is CCC(=O)OC1(C)CC[C@H]2[C@@H]3CCC4=CC(=O)CC(C)[C@]4(C=O)[C@@H]3CC[C@@]21C. The van der Waals surface area contributed by atoms with Crippen molar-refractivity contribution in [2.75, 3.05) is 0 Å². The van der Waals surface area contributed by atoms with Crippen LogP contribution in [-0.4, -0.2) is 23.6 Å². The quantitative estimate of drug-likeness (QED) is 0.523. The number of rotatable bonds is 3. The number of ether oxygens (including phenoxy) is 1. The molecule has 4 aliphatic carbocycles. The summed E-state index contributed by atoms with van der Waals surface area (Å²) in [5.41, 5.74) is 0.193. The second-order valence-electron chi connectivity index (χ2n) is 10.3. The fourth-order valence-electron chi connectivity index (χ4n) is 7.66. The van der Waals surface area contributed by atoms with Gasteiger partial charge in [-0.1, -0.05) is 26.3 Å². The molecule has 0 N–H and O–H groups in total. The van der Waals surface area contributed by atoms with Gasteiger partial charge in [0.25, 0.3) is 0 Å². The molecule has 0 radical (unpaired) electrons. The summed E-state index contributed by atoms with van der Waals surface area (Å²) in [4.78, 5) is 36.8. The van der Waals surface area contributed by atoms with E-state index in [1.165, 1.54) is 6.29 Å². The molecular formula is C24H34O4. The van der Waals surface area contributed by atoms with Gasteiger partial charge in [-0.25, -0.2) is 0 Å². The smallest absolute Gasteiger partial charge is 0.306 e. The fraction of sp³-hybridized carbons (Fsp3) is 0.792. The highest BCUT2D eigenvalue weighted by Gasteiger charge is 2.65. The van der Waals surface area contributed by atoms with E-state index in [0.717, 1.165) is 44.1 Å². The van der Waals surface area contributed by atoms with Gasteiger partial charge in [0.2, 0.25) is 0 Å². The molecule has 0 bridgehead atoms. The Morgan fingerprint density at radius 1 is 1.21 bits per heavy atom. The Morgan fingerprint density at radius 3 is 2.61 bits per heavy atom. The van der Waals surface area contributed by atoms with Crippen LogP contribution in [-0.2, 0) is 19.1 Å². The summed E-state index contributed by atoms with van der Waals surface area (Å²) >= 11 is 0. The molecule has 4 nitrogen and oxygen atoms in total. The fourth-order valence-corrected chi connectivity index (χ4v) is 7.66. The van der Waals surface area contributed by atoms with Crippen molar-refractivity contribution >= 4 is 18.0 Å². The average Bonchev–Trinajstić information content (AvgIpc) is 2.92. The Bertz CT molecular complexity index is 739. The minimum atomic E-state index is -0.461. The molecule has 0 amide bonds. The van der Waals surface area contributed by atoms with Crippen LogP contribution in [0.5, 0.6) is 0 Å². The Hall–Kier alpha value is -1.45. The third-order valence-electron chi connectivity index (χ3n) is 9.36. The summed E-state index contributed by atoms with van der Waals surface area (Å²) in [5, 5.41) is 0. The second-order valence-corrected chi connectivity index (χ2v) is 10.3. The first-order valence-electron chi connectivity index (χ1n) is 11.1. The Morgan fingerprint density at radius 2 is 1.93 bits per heavy atom. The lowest BCUT2D eigenvalue weighted by Gasteiger charge is -2.59. The van der Waals surface area contributed by atoms with Crippen LogP contribution in [0.2, 0.25) is 0 Å². The van der Waals surface area contributed by atoms with Gasteiger partial charge >= 0.3 is 5.97 Å². The Kier molecular flexibility index (Phi) is 4.63. The molecule has 4 aliphatic rings.